The van der Waals surface area contributed by atoms with Crippen molar-refractivity contribution >= 4 is 6.29 Å². The molecule has 0 bridgehead atoms. The maximum atomic E-state index is 11.4. The lowest BCUT2D eigenvalue weighted by molar-refractivity contribution is 0.111. The standard InChI is InChI=1S/C19H15N3O2/c20-8-9-22-12-18(11-21-22)16-6-7-19(17(10-16)13-23)24-14-15-4-2-1-3-5-15/h1-7,10-13H,9,14H2. The Morgan fingerprint density at radius 2 is 2.00 bits per heavy atom. The van der Waals surface area contributed by atoms with E-state index in [-0.39, 0.29) is 6.54 Å². The van der Waals surface area contributed by atoms with Gasteiger partial charge < -0.3 is 4.74 Å². The first kappa shape index (κ1) is 15.5. The van der Waals surface area contributed by atoms with E-state index in [1.54, 1.807) is 29.2 Å². The number of benzene rings is 2. The Balaban J connectivity index is 1.79. The van der Waals surface area contributed by atoms with E-state index in [0.29, 0.717) is 17.9 Å². The van der Waals surface area contributed by atoms with Gasteiger partial charge in [-0.3, -0.25) is 9.48 Å². The monoisotopic (exact) mass is 317 g/mol. The van der Waals surface area contributed by atoms with E-state index >= 15 is 0 Å². The highest BCUT2D eigenvalue weighted by molar-refractivity contribution is 5.82. The molecule has 1 heterocycles. The van der Waals surface area contributed by atoms with Crippen LogP contribution in [0.5, 0.6) is 5.75 Å². The first-order chi connectivity index (χ1) is 11.8. The van der Waals surface area contributed by atoms with Crippen molar-refractivity contribution in [1.82, 2.24) is 9.78 Å². The summed E-state index contributed by atoms with van der Waals surface area (Å²) in [5, 5.41) is 12.8. The predicted octanol–water partition coefficient (Wildman–Crippen LogP) is 3.47. The van der Waals surface area contributed by atoms with Crippen LogP contribution in [0, 0.1) is 11.3 Å². The molecule has 0 fully saturated rings. The van der Waals surface area contributed by atoms with Gasteiger partial charge in [0.1, 0.15) is 18.9 Å². The normalized spacial score (nSPS) is 10.1. The molecule has 0 atom stereocenters. The highest BCUT2D eigenvalue weighted by Crippen LogP contribution is 2.26. The zero-order valence-corrected chi connectivity index (χ0v) is 12.9. The van der Waals surface area contributed by atoms with Crippen LogP contribution in [-0.2, 0) is 13.2 Å². The summed E-state index contributed by atoms with van der Waals surface area (Å²) in [6.07, 6.45) is 4.23. The minimum Gasteiger partial charge on any atom is -0.488 e. The van der Waals surface area contributed by atoms with E-state index in [1.807, 2.05) is 42.5 Å². The van der Waals surface area contributed by atoms with Crippen molar-refractivity contribution in [1.29, 1.82) is 5.26 Å². The van der Waals surface area contributed by atoms with Crippen LogP contribution in [0.2, 0.25) is 0 Å². The maximum Gasteiger partial charge on any atom is 0.153 e. The third kappa shape index (κ3) is 3.50. The number of aromatic nitrogens is 2. The number of aldehydes is 1. The quantitative estimate of drug-likeness (QED) is 0.653. The molecular formula is C19H15N3O2. The van der Waals surface area contributed by atoms with Gasteiger partial charge in [0.05, 0.1) is 17.8 Å². The van der Waals surface area contributed by atoms with Crippen LogP contribution in [0.3, 0.4) is 0 Å². The van der Waals surface area contributed by atoms with Gasteiger partial charge in [-0.2, -0.15) is 10.4 Å². The molecule has 0 amide bonds. The number of nitriles is 1. The number of ether oxygens (including phenoxy) is 1. The second-order valence-electron chi connectivity index (χ2n) is 5.23. The SMILES string of the molecule is N#CCn1cc(-c2ccc(OCc3ccccc3)c(C=O)c2)cn1. The smallest absolute Gasteiger partial charge is 0.153 e. The van der Waals surface area contributed by atoms with Crippen molar-refractivity contribution in [2.45, 2.75) is 13.2 Å². The van der Waals surface area contributed by atoms with Gasteiger partial charge in [0.15, 0.2) is 6.29 Å². The van der Waals surface area contributed by atoms with Crippen LogP contribution in [-0.4, -0.2) is 16.1 Å². The maximum absolute atomic E-state index is 11.4. The third-order valence-electron chi connectivity index (χ3n) is 3.57. The molecule has 0 spiro atoms. The number of nitrogens with zero attached hydrogens (tertiary/aromatic N) is 3. The molecule has 0 N–H and O–H groups in total. The molecule has 5 heteroatoms. The van der Waals surface area contributed by atoms with Crippen LogP contribution in [0.4, 0.5) is 0 Å². The van der Waals surface area contributed by atoms with Crippen molar-refractivity contribution in [2.24, 2.45) is 0 Å². The summed E-state index contributed by atoms with van der Waals surface area (Å²) in [5.41, 5.74) is 3.23. The zero-order valence-electron chi connectivity index (χ0n) is 12.9. The Kier molecular flexibility index (Phi) is 4.68. The van der Waals surface area contributed by atoms with Gasteiger partial charge in [-0.25, -0.2) is 0 Å². The Morgan fingerprint density at radius 3 is 2.75 bits per heavy atom. The highest BCUT2D eigenvalue weighted by Gasteiger charge is 2.08. The summed E-state index contributed by atoms with van der Waals surface area (Å²) in [6, 6.07) is 17.2. The molecule has 3 rings (SSSR count). The number of carbonyl (C=O) groups is 1. The number of carbonyl (C=O) groups excluding carboxylic acids is 1. The Morgan fingerprint density at radius 1 is 1.17 bits per heavy atom. The zero-order chi connectivity index (χ0) is 16.8. The van der Waals surface area contributed by atoms with Crippen LogP contribution in [0.15, 0.2) is 60.9 Å². The number of hydrogen-bond donors (Lipinski definition) is 0. The van der Waals surface area contributed by atoms with E-state index in [1.165, 1.54) is 0 Å². The first-order valence-corrected chi connectivity index (χ1v) is 7.46. The van der Waals surface area contributed by atoms with Crippen molar-refractivity contribution in [2.75, 3.05) is 0 Å². The second kappa shape index (κ2) is 7.25. The molecule has 0 aliphatic heterocycles. The molecule has 24 heavy (non-hydrogen) atoms. The predicted molar refractivity (Wildman–Crippen MR) is 89.4 cm³/mol. The number of rotatable bonds is 6. The Hall–Kier alpha value is -3.39. The Labute approximate surface area is 139 Å². The lowest BCUT2D eigenvalue weighted by Gasteiger charge is -2.09. The van der Waals surface area contributed by atoms with Crippen LogP contribution in [0.1, 0.15) is 15.9 Å². The lowest BCUT2D eigenvalue weighted by Crippen LogP contribution is -1.98. The summed E-state index contributed by atoms with van der Waals surface area (Å²) >= 11 is 0. The van der Waals surface area contributed by atoms with Gasteiger partial charge in [0.25, 0.3) is 0 Å². The molecule has 0 saturated heterocycles. The van der Waals surface area contributed by atoms with Crippen LogP contribution >= 0.6 is 0 Å². The van der Waals surface area contributed by atoms with E-state index in [4.69, 9.17) is 10.00 Å². The topological polar surface area (TPSA) is 67.9 Å². The largest absolute Gasteiger partial charge is 0.488 e. The van der Waals surface area contributed by atoms with Crippen molar-refractivity contribution in [3.05, 3.63) is 72.1 Å². The molecule has 1 aromatic heterocycles. The fourth-order valence-corrected chi connectivity index (χ4v) is 2.36. The minimum atomic E-state index is 0.193. The van der Waals surface area contributed by atoms with Gasteiger partial charge in [0, 0.05) is 11.8 Å². The molecule has 3 aromatic rings. The van der Waals surface area contributed by atoms with E-state index in [9.17, 15) is 4.79 Å². The molecule has 0 aliphatic rings. The molecule has 0 radical (unpaired) electrons. The summed E-state index contributed by atoms with van der Waals surface area (Å²) in [4.78, 5) is 11.4. The van der Waals surface area contributed by atoms with Gasteiger partial charge in [0.2, 0.25) is 0 Å². The van der Waals surface area contributed by atoms with Crippen LogP contribution < -0.4 is 4.74 Å². The molecule has 0 unspecified atom stereocenters. The van der Waals surface area contributed by atoms with Gasteiger partial charge >= 0.3 is 0 Å². The van der Waals surface area contributed by atoms with E-state index < -0.39 is 0 Å². The molecule has 118 valence electrons. The van der Waals surface area contributed by atoms with Crippen molar-refractivity contribution in [3.63, 3.8) is 0 Å². The van der Waals surface area contributed by atoms with Gasteiger partial charge in [-0.15, -0.1) is 0 Å². The fraction of sp³-hybridized carbons (Fsp3) is 0.105. The lowest BCUT2D eigenvalue weighted by atomic mass is 10.1. The van der Waals surface area contributed by atoms with E-state index in [2.05, 4.69) is 5.10 Å². The summed E-state index contributed by atoms with van der Waals surface area (Å²) < 4.78 is 7.30. The summed E-state index contributed by atoms with van der Waals surface area (Å²) in [7, 11) is 0. The molecular weight excluding hydrogens is 302 g/mol. The summed E-state index contributed by atoms with van der Waals surface area (Å²) in [5.74, 6) is 0.544. The average Bonchev–Trinajstić information content (AvgIpc) is 3.10. The van der Waals surface area contributed by atoms with Gasteiger partial charge in [-0.1, -0.05) is 36.4 Å². The second-order valence-corrected chi connectivity index (χ2v) is 5.23. The average molecular weight is 317 g/mol. The first-order valence-electron chi connectivity index (χ1n) is 7.46. The highest BCUT2D eigenvalue weighted by atomic mass is 16.5. The molecule has 5 nitrogen and oxygen atoms in total. The fourth-order valence-electron chi connectivity index (χ4n) is 2.36. The minimum absolute atomic E-state index is 0.193. The summed E-state index contributed by atoms with van der Waals surface area (Å²) in [6.45, 7) is 0.597. The molecule has 0 aliphatic carbocycles. The van der Waals surface area contributed by atoms with Gasteiger partial charge in [-0.05, 0) is 23.3 Å². The third-order valence-corrected chi connectivity index (χ3v) is 3.57. The van der Waals surface area contributed by atoms with Crippen molar-refractivity contribution < 1.29 is 9.53 Å². The van der Waals surface area contributed by atoms with Crippen molar-refractivity contribution in [3.8, 4) is 22.9 Å². The number of hydrogen-bond acceptors (Lipinski definition) is 4. The van der Waals surface area contributed by atoms with Crippen LogP contribution in [0.25, 0.3) is 11.1 Å². The molecule has 2 aromatic carbocycles. The molecule has 0 saturated carbocycles. The Bertz CT molecular complexity index is 879. The van der Waals surface area contributed by atoms with E-state index in [0.717, 1.165) is 23.0 Å².